The van der Waals surface area contributed by atoms with Gasteiger partial charge in [-0.2, -0.15) is 0 Å². The Bertz CT molecular complexity index is 836. The maximum Gasteiger partial charge on any atom is 0.193 e. The van der Waals surface area contributed by atoms with Crippen molar-refractivity contribution in [3.05, 3.63) is 45.3 Å². The molecule has 2 aromatic rings. The lowest BCUT2D eigenvalue weighted by Gasteiger charge is -2.35. The number of carbonyl (C=O) groups excluding carboxylic acids is 2. The summed E-state index contributed by atoms with van der Waals surface area (Å²) in [6.07, 6.45) is 2.47. The van der Waals surface area contributed by atoms with Gasteiger partial charge in [0.2, 0.25) is 0 Å². The molecule has 0 unspecified atom stereocenters. The van der Waals surface area contributed by atoms with E-state index in [1.54, 1.807) is 13.1 Å². The third-order valence-electron chi connectivity index (χ3n) is 5.05. The minimum Gasteiger partial charge on any atom is -0.355 e. The third kappa shape index (κ3) is 4.30. The summed E-state index contributed by atoms with van der Waals surface area (Å²) in [5.41, 5.74) is 2.90. The normalized spacial score (nSPS) is 15.2. The second kappa shape index (κ2) is 8.35. The summed E-state index contributed by atoms with van der Waals surface area (Å²) in [6.45, 7) is 9.06. The number of aromatic nitrogens is 2. The number of Topliss-reactive ketones (excluding diaryl/α,β-unsaturated/α-hetero) is 2. The molecule has 1 fully saturated rings. The molecule has 1 N–H and O–H groups in total. The van der Waals surface area contributed by atoms with Gasteiger partial charge in [0.1, 0.15) is 5.82 Å². The number of anilines is 1. The van der Waals surface area contributed by atoms with Crippen LogP contribution >= 0.6 is 15.9 Å². The molecular weight excluding hydrogens is 408 g/mol. The van der Waals surface area contributed by atoms with Crippen molar-refractivity contribution in [1.82, 2.24) is 14.9 Å². The number of H-pyrrole nitrogens is 1. The van der Waals surface area contributed by atoms with Crippen LogP contribution in [0.25, 0.3) is 0 Å². The highest BCUT2D eigenvalue weighted by molar-refractivity contribution is 9.10. The van der Waals surface area contributed by atoms with Crippen molar-refractivity contribution in [2.45, 2.75) is 27.2 Å². The lowest BCUT2D eigenvalue weighted by Crippen LogP contribution is -2.48. The van der Waals surface area contributed by atoms with E-state index in [1.807, 2.05) is 26.0 Å². The molecule has 0 amide bonds. The number of nitrogens with one attached hydrogen (secondary N) is 1. The Morgan fingerprint density at radius 3 is 2.48 bits per heavy atom. The van der Waals surface area contributed by atoms with Gasteiger partial charge < -0.3 is 9.88 Å². The Morgan fingerprint density at radius 2 is 1.93 bits per heavy atom. The summed E-state index contributed by atoms with van der Waals surface area (Å²) in [5.74, 6) is 1.02. The molecule has 0 atom stereocenters. The number of nitrogens with zero attached hydrogens (tertiary/aromatic N) is 3. The second-order valence-corrected chi connectivity index (χ2v) is 7.82. The van der Waals surface area contributed by atoms with Crippen molar-refractivity contribution in [1.29, 1.82) is 0 Å². The fraction of sp³-hybridized carbons (Fsp3) is 0.450. The van der Waals surface area contributed by atoms with Crippen LogP contribution in [0.15, 0.2) is 22.8 Å². The van der Waals surface area contributed by atoms with Gasteiger partial charge in [-0.25, -0.2) is 4.98 Å². The summed E-state index contributed by atoms with van der Waals surface area (Å²) < 4.78 is 0.966. The van der Waals surface area contributed by atoms with Crippen LogP contribution in [0, 0.1) is 6.92 Å². The van der Waals surface area contributed by atoms with Gasteiger partial charge in [-0.3, -0.25) is 14.5 Å². The first-order valence-electron chi connectivity index (χ1n) is 9.25. The lowest BCUT2D eigenvalue weighted by molar-refractivity contribution is 0.0921. The van der Waals surface area contributed by atoms with Crippen LogP contribution in [-0.4, -0.2) is 59.2 Å². The number of hydrogen-bond acceptors (Lipinski definition) is 5. The molecule has 6 nitrogen and oxygen atoms in total. The number of aromatic amines is 1. The van der Waals surface area contributed by atoms with Crippen molar-refractivity contribution in [2.75, 3.05) is 37.6 Å². The van der Waals surface area contributed by atoms with Gasteiger partial charge >= 0.3 is 0 Å². The maximum atomic E-state index is 12.9. The van der Waals surface area contributed by atoms with Crippen LogP contribution in [0.5, 0.6) is 0 Å². The summed E-state index contributed by atoms with van der Waals surface area (Å²) >= 11 is 3.40. The first kappa shape index (κ1) is 19.8. The Labute approximate surface area is 168 Å². The van der Waals surface area contributed by atoms with Crippen LogP contribution in [-0.2, 0) is 6.42 Å². The molecule has 144 valence electrons. The highest BCUT2D eigenvalue weighted by atomic mass is 79.9. The fourth-order valence-electron chi connectivity index (χ4n) is 3.72. The molecule has 0 saturated carbocycles. The van der Waals surface area contributed by atoms with Crippen LogP contribution in [0.3, 0.4) is 0 Å². The highest BCUT2D eigenvalue weighted by Gasteiger charge is 2.25. The zero-order valence-electron chi connectivity index (χ0n) is 16.0. The molecule has 2 aromatic heterocycles. The molecule has 7 heteroatoms. The predicted octanol–water partition coefficient (Wildman–Crippen LogP) is 3.25. The molecular formula is C20H25BrN4O2. The number of ketones is 2. The Balaban J connectivity index is 1.64. The summed E-state index contributed by atoms with van der Waals surface area (Å²) in [5, 5.41) is 0. The third-order valence-corrected chi connectivity index (χ3v) is 5.52. The molecule has 0 bridgehead atoms. The van der Waals surface area contributed by atoms with Crippen LogP contribution in [0.1, 0.15) is 46.0 Å². The summed E-state index contributed by atoms with van der Waals surface area (Å²) in [4.78, 5) is 36.8. The fourth-order valence-corrected chi connectivity index (χ4v) is 3.95. The number of aryl methyl sites for hydroxylation is 1. The van der Waals surface area contributed by atoms with E-state index in [1.165, 1.54) is 0 Å². The zero-order valence-corrected chi connectivity index (χ0v) is 17.6. The van der Waals surface area contributed by atoms with Crippen molar-refractivity contribution in [3.63, 3.8) is 0 Å². The monoisotopic (exact) mass is 432 g/mol. The first-order valence-corrected chi connectivity index (χ1v) is 10.0. The Hall–Kier alpha value is -1.99. The number of rotatable bonds is 6. The molecule has 1 aliphatic heterocycles. The van der Waals surface area contributed by atoms with Gasteiger partial charge in [-0.05, 0) is 53.9 Å². The molecule has 3 heterocycles. The number of pyridine rings is 1. The first-order chi connectivity index (χ1) is 12.9. The van der Waals surface area contributed by atoms with E-state index < -0.39 is 0 Å². The van der Waals surface area contributed by atoms with Crippen molar-refractivity contribution in [3.8, 4) is 0 Å². The van der Waals surface area contributed by atoms with Crippen molar-refractivity contribution >= 4 is 33.3 Å². The number of hydrogen-bond donors (Lipinski definition) is 1. The van der Waals surface area contributed by atoms with Crippen LogP contribution < -0.4 is 4.90 Å². The predicted molar refractivity (Wildman–Crippen MR) is 110 cm³/mol. The van der Waals surface area contributed by atoms with Gasteiger partial charge in [0, 0.05) is 48.1 Å². The van der Waals surface area contributed by atoms with E-state index in [-0.39, 0.29) is 11.6 Å². The zero-order chi connectivity index (χ0) is 19.6. The van der Waals surface area contributed by atoms with E-state index in [0.717, 1.165) is 47.7 Å². The number of carbonyl (C=O) groups is 2. The molecule has 27 heavy (non-hydrogen) atoms. The van der Waals surface area contributed by atoms with Gasteiger partial charge in [0.05, 0.1) is 12.2 Å². The van der Waals surface area contributed by atoms with Crippen LogP contribution in [0.2, 0.25) is 0 Å². The summed E-state index contributed by atoms with van der Waals surface area (Å²) in [7, 11) is 0. The molecule has 1 saturated heterocycles. The van der Waals surface area contributed by atoms with E-state index >= 15 is 0 Å². The number of halogens is 1. The number of piperazine rings is 1. The van der Waals surface area contributed by atoms with E-state index in [0.29, 0.717) is 24.2 Å². The SMILES string of the molecule is CCc1c(C(=O)CN2CCN(c3ccc(Br)cn3)CC2)[nH]c(C)c1C(C)=O. The van der Waals surface area contributed by atoms with E-state index in [9.17, 15) is 9.59 Å². The Kier molecular flexibility index (Phi) is 6.11. The standard InChI is InChI=1S/C20H25BrN4O2/c1-4-16-19(14(3)26)13(2)23-20(16)17(27)12-24-7-9-25(10-8-24)18-6-5-15(21)11-22-18/h5-6,11,23H,4,7-10,12H2,1-3H3. The van der Waals surface area contributed by atoms with Gasteiger partial charge in [0.15, 0.2) is 11.6 Å². The minimum atomic E-state index is 0.00950. The van der Waals surface area contributed by atoms with Gasteiger partial charge in [0.25, 0.3) is 0 Å². The molecule has 0 aromatic carbocycles. The van der Waals surface area contributed by atoms with Crippen LogP contribution in [0.4, 0.5) is 5.82 Å². The topological polar surface area (TPSA) is 69.3 Å². The highest BCUT2D eigenvalue weighted by Crippen LogP contribution is 2.22. The lowest BCUT2D eigenvalue weighted by atomic mass is 10.0. The van der Waals surface area contributed by atoms with E-state index in [4.69, 9.17) is 0 Å². The quantitative estimate of drug-likeness (QED) is 0.709. The van der Waals surface area contributed by atoms with E-state index in [2.05, 4.69) is 35.7 Å². The molecule has 3 rings (SSSR count). The molecule has 0 radical (unpaired) electrons. The molecule has 0 aliphatic carbocycles. The van der Waals surface area contributed by atoms with Gasteiger partial charge in [-0.1, -0.05) is 6.92 Å². The Morgan fingerprint density at radius 1 is 1.22 bits per heavy atom. The minimum absolute atomic E-state index is 0.00950. The smallest absolute Gasteiger partial charge is 0.193 e. The second-order valence-electron chi connectivity index (χ2n) is 6.91. The average Bonchev–Trinajstić information content (AvgIpc) is 3.00. The molecule has 1 aliphatic rings. The average molecular weight is 433 g/mol. The summed E-state index contributed by atoms with van der Waals surface area (Å²) in [6, 6.07) is 3.99. The van der Waals surface area contributed by atoms with Crippen molar-refractivity contribution < 1.29 is 9.59 Å². The van der Waals surface area contributed by atoms with Crippen molar-refractivity contribution in [2.24, 2.45) is 0 Å². The maximum absolute atomic E-state index is 12.9. The largest absolute Gasteiger partial charge is 0.355 e. The molecule has 0 spiro atoms. The van der Waals surface area contributed by atoms with Gasteiger partial charge in [-0.15, -0.1) is 0 Å².